The molecular formula is C31H45N3O9. The van der Waals surface area contributed by atoms with Crippen LogP contribution in [-0.2, 0) is 32.1 Å². The minimum Gasteiger partial charge on any atom is -0.508 e. The van der Waals surface area contributed by atoms with E-state index >= 15 is 0 Å². The van der Waals surface area contributed by atoms with E-state index in [4.69, 9.17) is 10.5 Å². The molecule has 4 rings (SSSR count). The molecule has 0 aliphatic heterocycles. The molecule has 1 fully saturated rings. The third kappa shape index (κ3) is 6.48. The van der Waals surface area contributed by atoms with Gasteiger partial charge in [0.15, 0.2) is 11.4 Å². The number of aliphatic hydroxyl groups excluding tert-OH is 2. The van der Waals surface area contributed by atoms with Crippen molar-refractivity contribution in [2.75, 3.05) is 19.4 Å². The lowest BCUT2D eigenvalue weighted by Gasteiger charge is -2.46. The fourth-order valence-corrected chi connectivity index (χ4v) is 5.52. The number of ether oxygens (including phenoxy) is 1. The highest BCUT2D eigenvalue weighted by Crippen LogP contribution is 2.53. The summed E-state index contributed by atoms with van der Waals surface area (Å²) in [7, 11) is 1.24. The average Bonchev–Trinajstić information content (AvgIpc) is 2.96. The second-order valence-corrected chi connectivity index (χ2v) is 11.4. The number of benzene rings is 1. The standard InChI is InChI=1S/C27H33N3O9.2C2H6/c1-26(2,3)10-39-25(37)30-9-12-7-15(28)14-6-11-5-13-8-16(31)19(24(36)29-4)23(35)27(13,38)22(34)17(11)21(33)18(14)20(12)32;2*1-2/h7,11,13,32-33,35,38H,5-6,8-10,28H2,1-4H3,(H,29,36)(H,30,37);2*1-2H3/t11?,13-,27-;;/m0../s1. The number of amides is 2. The Bertz CT molecular complexity index is 1360. The predicted molar refractivity (Wildman–Crippen MR) is 161 cm³/mol. The molecular weight excluding hydrogens is 558 g/mol. The lowest BCUT2D eigenvalue weighted by Crippen LogP contribution is -2.58. The molecule has 0 saturated heterocycles. The van der Waals surface area contributed by atoms with Gasteiger partial charge < -0.3 is 41.5 Å². The number of nitrogens with one attached hydrogen (secondary N) is 2. The zero-order valence-electron chi connectivity index (χ0n) is 26.2. The highest BCUT2D eigenvalue weighted by Gasteiger charge is 2.60. The third-order valence-electron chi connectivity index (χ3n) is 7.44. The maximum absolute atomic E-state index is 13.7. The number of Topliss-reactive ketones (excluding diaryl/α,β-unsaturated/α-hetero) is 2. The summed E-state index contributed by atoms with van der Waals surface area (Å²) in [5.74, 6) is -6.55. The van der Waals surface area contributed by atoms with Gasteiger partial charge in [0, 0.05) is 42.8 Å². The highest BCUT2D eigenvalue weighted by atomic mass is 16.5. The summed E-state index contributed by atoms with van der Waals surface area (Å²) >= 11 is 0. The van der Waals surface area contributed by atoms with Gasteiger partial charge in [0.05, 0.1) is 12.2 Å². The molecule has 12 heteroatoms. The van der Waals surface area contributed by atoms with Crippen molar-refractivity contribution >= 4 is 35.0 Å². The van der Waals surface area contributed by atoms with Crippen molar-refractivity contribution in [3.8, 4) is 5.75 Å². The van der Waals surface area contributed by atoms with Gasteiger partial charge in [0.2, 0.25) is 5.78 Å². The topological polar surface area (TPSA) is 209 Å². The molecule has 238 valence electrons. The van der Waals surface area contributed by atoms with Crippen molar-refractivity contribution in [2.24, 2.45) is 17.3 Å². The molecule has 12 nitrogen and oxygen atoms in total. The summed E-state index contributed by atoms with van der Waals surface area (Å²) in [6.07, 6.45) is -0.946. The lowest BCUT2D eigenvalue weighted by atomic mass is 9.59. The van der Waals surface area contributed by atoms with Gasteiger partial charge >= 0.3 is 6.09 Å². The molecule has 3 aliphatic rings. The van der Waals surface area contributed by atoms with Crippen LogP contribution >= 0.6 is 0 Å². The minimum atomic E-state index is -2.61. The first-order valence-electron chi connectivity index (χ1n) is 14.5. The van der Waals surface area contributed by atoms with Crippen molar-refractivity contribution in [1.82, 2.24) is 10.6 Å². The number of likely N-dealkylation sites (N-methyl/N-ethyl adjacent to an activating group) is 1. The van der Waals surface area contributed by atoms with Gasteiger partial charge in [-0.2, -0.15) is 0 Å². The quantitative estimate of drug-likeness (QED) is 0.151. The van der Waals surface area contributed by atoms with Crippen LogP contribution in [0, 0.1) is 17.3 Å². The fraction of sp³-hybridized carbons (Fsp3) is 0.548. The molecule has 1 saturated carbocycles. The summed E-state index contributed by atoms with van der Waals surface area (Å²) in [6.45, 7) is 13.6. The number of aromatic hydroxyl groups is 1. The Morgan fingerprint density at radius 1 is 1.09 bits per heavy atom. The number of rotatable bonds is 4. The molecule has 1 aromatic rings. The number of aliphatic hydroxyl groups is 3. The van der Waals surface area contributed by atoms with Crippen LogP contribution in [0.1, 0.15) is 78.0 Å². The zero-order valence-corrected chi connectivity index (χ0v) is 26.2. The maximum Gasteiger partial charge on any atom is 0.407 e. The largest absolute Gasteiger partial charge is 0.508 e. The molecule has 8 N–H and O–H groups in total. The van der Waals surface area contributed by atoms with Crippen LogP contribution in [0.2, 0.25) is 0 Å². The summed E-state index contributed by atoms with van der Waals surface area (Å²) < 4.78 is 5.15. The summed E-state index contributed by atoms with van der Waals surface area (Å²) in [5.41, 5.74) is 3.02. The highest BCUT2D eigenvalue weighted by molar-refractivity contribution is 6.23. The van der Waals surface area contributed by atoms with E-state index in [0.717, 1.165) is 0 Å². The molecule has 1 aromatic carbocycles. The van der Waals surface area contributed by atoms with E-state index in [-0.39, 0.29) is 60.2 Å². The molecule has 0 spiro atoms. The molecule has 3 aliphatic carbocycles. The number of nitrogen functional groups attached to an aromatic ring is 1. The predicted octanol–water partition coefficient (Wildman–Crippen LogP) is 3.59. The van der Waals surface area contributed by atoms with E-state index in [2.05, 4.69) is 10.6 Å². The van der Waals surface area contributed by atoms with Crippen LogP contribution in [-0.4, -0.2) is 63.2 Å². The van der Waals surface area contributed by atoms with E-state index in [0.29, 0.717) is 5.56 Å². The van der Waals surface area contributed by atoms with E-state index < -0.39 is 63.8 Å². The van der Waals surface area contributed by atoms with Crippen molar-refractivity contribution < 1.29 is 44.3 Å². The summed E-state index contributed by atoms with van der Waals surface area (Å²) in [5, 5.41) is 49.2. The van der Waals surface area contributed by atoms with E-state index in [1.165, 1.54) is 13.1 Å². The van der Waals surface area contributed by atoms with Gasteiger partial charge in [0.1, 0.15) is 22.8 Å². The molecule has 0 aromatic heterocycles. The van der Waals surface area contributed by atoms with Gasteiger partial charge in [0.25, 0.3) is 5.91 Å². The maximum atomic E-state index is 13.7. The Morgan fingerprint density at radius 3 is 2.26 bits per heavy atom. The number of hydrogen-bond acceptors (Lipinski definition) is 10. The normalized spacial score (nSPS) is 22.5. The minimum absolute atomic E-state index is 0.0288. The van der Waals surface area contributed by atoms with Crippen molar-refractivity contribution in [1.29, 1.82) is 0 Å². The number of carbonyl (C=O) groups is 4. The molecule has 0 radical (unpaired) electrons. The monoisotopic (exact) mass is 603 g/mol. The first kappa shape index (κ1) is 35.1. The van der Waals surface area contributed by atoms with Crippen LogP contribution < -0.4 is 16.4 Å². The smallest absolute Gasteiger partial charge is 0.407 e. The van der Waals surface area contributed by atoms with Crippen LogP contribution in [0.15, 0.2) is 23.0 Å². The number of phenols is 1. The van der Waals surface area contributed by atoms with Crippen LogP contribution in [0.3, 0.4) is 0 Å². The van der Waals surface area contributed by atoms with Gasteiger partial charge in [-0.25, -0.2) is 4.79 Å². The van der Waals surface area contributed by atoms with Crippen LogP contribution in [0.4, 0.5) is 10.5 Å². The number of fused-ring (bicyclic) bond motifs is 3. The molecule has 43 heavy (non-hydrogen) atoms. The van der Waals surface area contributed by atoms with Gasteiger partial charge in [-0.05, 0) is 35.8 Å². The third-order valence-corrected chi connectivity index (χ3v) is 7.44. The Kier molecular flexibility index (Phi) is 11.0. The Labute approximate surface area is 252 Å². The number of hydrogen-bond donors (Lipinski definition) is 7. The Balaban J connectivity index is 0.00000155. The second-order valence-electron chi connectivity index (χ2n) is 11.4. The Hall–Kier alpha value is -4.06. The van der Waals surface area contributed by atoms with Crippen molar-refractivity contribution in [3.63, 3.8) is 0 Å². The number of phenolic OH excluding ortho intramolecular Hbond substituents is 1. The second kappa shape index (κ2) is 13.5. The number of ketones is 2. The van der Waals surface area contributed by atoms with Crippen molar-refractivity contribution in [2.45, 2.75) is 79.9 Å². The molecule has 0 bridgehead atoms. The van der Waals surface area contributed by atoms with Gasteiger partial charge in [-0.15, -0.1) is 0 Å². The van der Waals surface area contributed by atoms with E-state index in [9.17, 15) is 39.6 Å². The molecule has 1 unspecified atom stereocenters. The molecule has 3 atom stereocenters. The van der Waals surface area contributed by atoms with E-state index in [1.807, 2.05) is 48.5 Å². The van der Waals surface area contributed by atoms with Gasteiger partial charge in [-0.1, -0.05) is 48.5 Å². The van der Waals surface area contributed by atoms with Crippen LogP contribution in [0.5, 0.6) is 5.75 Å². The molecule has 2 amide bonds. The van der Waals surface area contributed by atoms with Crippen molar-refractivity contribution in [3.05, 3.63) is 39.7 Å². The Morgan fingerprint density at radius 2 is 1.70 bits per heavy atom. The van der Waals surface area contributed by atoms with Gasteiger partial charge in [-0.3, -0.25) is 14.4 Å². The molecule has 0 heterocycles. The SMILES string of the molecule is CC.CC.CNC(=O)C1=C(O)[C@@]2(O)C(=O)C3=C(O)c4c(O)c(CNC(=O)OCC(C)(C)C)cc(N)c4CC3C[C@H]2CC1=O. The first-order chi connectivity index (χ1) is 20.1. The van der Waals surface area contributed by atoms with Crippen LogP contribution in [0.25, 0.3) is 5.76 Å². The summed E-state index contributed by atoms with van der Waals surface area (Å²) in [4.78, 5) is 50.6. The zero-order chi connectivity index (χ0) is 33.0. The number of anilines is 1. The summed E-state index contributed by atoms with van der Waals surface area (Å²) in [6, 6.07) is 1.45. The number of alkyl carbamates (subject to hydrolysis) is 1. The van der Waals surface area contributed by atoms with E-state index in [1.54, 1.807) is 0 Å². The first-order valence-corrected chi connectivity index (χ1v) is 14.5. The number of nitrogens with two attached hydrogens (primary N) is 1. The number of carbonyl (C=O) groups excluding carboxylic acids is 4. The lowest BCUT2D eigenvalue weighted by molar-refractivity contribution is -0.147. The fourth-order valence-electron chi connectivity index (χ4n) is 5.52. The average molecular weight is 604 g/mol.